The van der Waals surface area contributed by atoms with Crippen LogP contribution in [-0.4, -0.2) is 37.7 Å². The zero-order chi connectivity index (χ0) is 14.1. The standard InChI is InChI=1S/C14H21ClN2O2/c1-3-19-9-5-8-16-14(18)17(2)11-12-6-4-7-13(15)10-12/h4,6-7,10H,3,5,8-9,11H2,1-2H3,(H,16,18). The molecule has 0 aromatic heterocycles. The molecule has 0 saturated heterocycles. The molecule has 0 aliphatic heterocycles. The van der Waals surface area contributed by atoms with Crippen molar-refractivity contribution >= 4 is 17.6 Å². The molecule has 5 heteroatoms. The number of carbonyl (C=O) groups excluding carboxylic acids is 1. The van der Waals surface area contributed by atoms with Crippen LogP contribution in [0.25, 0.3) is 0 Å². The van der Waals surface area contributed by atoms with Gasteiger partial charge in [0.2, 0.25) is 0 Å². The van der Waals surface area contributed by atoms with Gasteiger partial charge in [0.05, 0.1) is 0 Å². The Morgan fingerprint density at radius 3 is 2.95 bits per heavy atom. The highest BCUT2D eigenvalue weighted by Gasteiger charge is 2.08. The summed E-state index contributed by atoms with van der Waals surface area (Å²) in [6, 6.07) is 7.42. The summed E-state index contributed by atoms with van der Waals surface area (Å²) in [5.41, 5.74) is 1.01. The highest BCUT2D eigenvalue weighted by molar-refractivity contribution is 6.30. The van der Waals surface area contributed by atoms with Crippen molar-refractivity contribution in [1.29, 1.82) is 0 Å². The first-order valence-corrected chi connectivity index (χ1v) is 6.82. The summed E-state index contributed by atoms with van der Waals surface area (Å²) in [5.74, 6) is 0. The number of halogens is 1. The minimum absolute atomic E-state index is 0.0866. The highest BCUT2D eigenvalue weighted by atomic mass is 35.5. The zero-order valence-electron chi connectivity index (χ0n) is 11.5. The SMILES string of the molecule is CCOCCCNC(=O)N(C)Cc1cccc(Cl)c1. The van der Waals surface area contributed by atoms with Gasteiger partial charge in [-0.25, -0.2) is 4.79 Å². The van der Waals surface area contributed by atoms with Crippen molar-refractivity contribution in [3.63, 3.8) is 0 Å². The number of nitrogens with zero attached hydrogens (tertiary/aromatic N) is 1. The topological polar surface area (TPSA) is 41.6 Å². The quantitative estimate of drug-likeness (QED) is 0.782. The second-order valence-corrected chi connectivity index (χ2v) is 4.70. The van der Waals surface area contributed by atoms with E-state index in [1.165, 1.54) is 0 Å². The molecule has 1 N–H and O–H groups in total. The lowest BCUT2D eigenvalue weighted by Crippen LogP contribution is -2.37. The van der Waals surface area contributed by atoms with E-state index in [0.29, 0.717) is 31.3 Å². The van der Waals surface area contributed by atoms with Crippen LogP contribution in [0.5, 0.6) is 0 Å². The average molecular weight is 285 g/mol. The van der Waals surface area contributed by atoms with E-state index in [2.05, 4.69) is 5.32 Å². The molecule has 19 heavy (non-hydrogen) atoms. The van der Waals surface area contributed by atoms with Gasteiger partial charge in [-0.2, -0.15) is 0 Å². The smallest absolute Gasteiger partial charge is 0.317 e. The van der Waals surface area contributed by atoms with Gasteiger partial charge in [0.1, 0.15) is 0 Å². The number of hydrogen-bond donors (Lipinski definition) is 1. The van der Waals surface area contributed by atoms with Crippen molar-refractivity contribution in [3.8, 4) is 0 Å². The van der Waals surface area contributed by atoms with Gasteiger partial charge in [0.25, 0.3) is 0 Å². The van der Waals surface area contributed by atoms with E-state index in [0.717, 1.165) is 12.0 Å². The maximum absolute atomic E-state index is 11.8. The third-order valence-corrected chi connectivity index (χ3v) is 2.84. The van der Waals surface area contributed by atoms with Gasteiger partial charge in [-0.1, -0.05) is 23.7 Å². The summed E-state index contributed by atoms with van der Waals surface area (Å²) >= 11 is 5.91. The van der Waals surface area contributed by atoms with Gasteiger partial charge in [0, 0.05) is 38.4 Å². The van der Waals surface area contributed by atoms with E-state index in [9.17, 15) is 4.79 Å². The van der Waals surface area contributed by atoms with Crippen molar-refractivity contribution in [3.05, 3.63) is 34.9 Å². The van der Waals surface area contributed by atoms with E-state index in [4.69, 9.17) is 16.3 Å². The monoisotopic (exact) mass is 284 g/mol. The number of rotatable bonds is 7. The second kappa shape index (κ2) is 8.77. The number of carbonyl (C=O) groups is 1. The van der Waals surface area contributed by atoms with Gasteiger partial charge in [-0.15, -0.1) is 0 Å². The normalized spacial score (nSPS) is 10.3. The summed E-state index contributed by atoms with van der Waals surface area (Å²) in [5, 5.41) is 3.53. The lowest BCUT2D eigenvalue weighted by atomic mass is 10.2. The maximum Gasteiger partial charge on any atom is 0.317 e. The third kappa shape index (κ3) is 6.45. The summed E-state index contributed by atoms with van der Waals surface area (Å²) < 4.78 is 5.21. The Labute approximate surface area is 119 Å². The molecule has 1 aromatic carbocycles. The number of benzene rings is 1. The molecule has 0 spiro atoms. The Morgan fingerprint density at radius 1 is 1.47 bits per heavy atom. The molecule has 0 aliphatic rings. The zero-order valence-corrected chi connectivity index (χ0v) is 12.2. The highest BCUT2D eigenvalue weighted by Crippen LogP contribution is 2.12. The lowest BCUT2D eigenvalue weighted by molar-refractivity contribution is 0.144. The number of nitrogens with one attached hydrogen (secondary N) is 1. The van der Waals surface area contributed by atoms with E-state index in [-0.39, 0.29) is 6.03 Å². The van der Waals surface area contributed by atoms with Gasteiger partial charge < -0.3 is 15.0 Å². The van der Waals surface area contributed by atoms with Crippen LogP contribution in [0.3, 0.4) is 0 Å². The molecule has 0 aliphatic carbocycles. The molecule has 4 nitrogen and oxygen atoms in total. The Balaban J connectivity index is 2.28. The fourth-order valence-corrected chi connectivity index (χ4v) is 1.84. The molecule has 0 fully saturated rings. The summed E-state index contributed by atoms with van der Waals surface area (Å²) in [4.78, 5) is 13.4. The van der Waals surface area contributed by atoms with Gasteiger partial charge >= 0.3 is 6.03 Å². The third-order valence-electron chi connectivity index (χ3n) is 2.60. The van der Waals surface area contributed by atoms with Crippen molar-refractivity contribution < 1.29 is 9.53 Å². The van der Waals surface area contributed by atoms with Crippen molar-refractivity contribution in [2.24, 2.45) is 0 Å². The van der Waals surface area contributed by atoms with Crippen LogP contribution >= 0.6 is 11.6 Å². The Morgan fingerprint density at radius 2 is 2.26 bits per heavy atom. The molecule has 0 unspecified atom stereocenters. The van der Waals surface area contributed by atoms with Crippen molar-refractivity contribution in [1.82, 2.24) is 10.2 Å². The van der Waals surface area contributed by atoms with E-state index < -0.39 is 0 Å². The first kappa shape index (κ1) is 15.8. The van der Waals surface area contributed by atoms with Crippen LogP contribution in [0.15, 0.2) is 24.3 Å². The first-order chi connectivity index (χ1) is 9.13. The molecule has 106 valence electrons. The molecular weight excluding hydrogens is 264 g/mol. The second-order valence-electron chi connectivity index (χ2n) is 4.27. The van der Waals surface area contributed by atoms with Crippen LogP contribution in [0.2, 0.25) is 5.02 Å². The van der Waals surface area contributed by atoms with Crippen LogP contribution in [0.1, 0.15) is 18.9 Å². The fourth-order valence-electron chi connectivity index (χ4n) is 1.63. The van der Waals surface area contributed by atoms with E-state index in [1.807, 2.05) is 31.2 Å². The molecule has 1 rings (SSSR count). The van der Waals surface area contributed by atoms with Crippen LogP contribution in [-0.2, 0) is 11.3 Å². The summed E-state index contributed by atoms with van der Waals surface area (Å²) in [7, 11) is 1.76. The van der Waals surface area contributed by atoms with E-state index >= 15 is 0 Å². The minimum atomic E-state index is -0.0866. The molecule has 1 aromatic rings. The van der Waals surface area contributed by atoms with Crippen molar-refractivity contribution in [2.75, 3.05) is 26.8 Å². The predicted octanol–water partition coefficient (Wildman–Crippen LogP) is 2.91. The summed E-state index contributed by atoms with van der Waals surface area (Å²) in [6.07, 6.45) is 0.824. The van der Waals surface area contributed by atoms with Gasteiger partial charge in [-0.05, 0) is 31.0 Å². The first-order valence-electron chi connectivity index (χ1n) is 6.44. The Bertz CT molecular complexity index is 399. The molecule has 0 radical (unpaired) electrons. The van der Waals surface area contributed by atoms with Crippen LogP contribution < -0.4 is 5.32 Å². The number of amides is 2. The molecule has 0 atom stereocenters. The fraction of sp³-hybridized carbons (Fsp3) is 0.500. The number of ether oxygens (including phenoxy) is 1. The molecular formula is C14H21ClN2O2. The van der Waals surface area contributed by atoms with Gasteiger partial charge in [-0.3, -0.25) is 0 Å². The Kier molecular flexibility index (Phi) is 7.30. The summed E-state index contributed by atoms with van der Waals surface area (Å²) in [6.45, 7) is 4.51. The average Bonchev–Trinajstić information content (AvgIpc) is 2.38. The molecule has 2 amide bonds. The van der Waals surface area contributed by atoms with E-state index in [1.54, 1.807) is 11.9 Å². The minimum Gasteiger partial charge on any atom is -0.382 e. The number of urea groups is 1. The number of hydrogen-bond acceptors (Lipinski definition) is 2. The maximum atomic E-state index is 11.8. The Hall–Kier alpha value is -1.26. The van der Waals surface area contributed by atoms with Crippen molar-refractivity contribution in [2.45, 2.75) is 19.9 Å². The van der Waals surface area contributed by atoms with Crippen LogP contribution in [0, 0.1) is 0 Å². The molecule has 0 saturated carbocycles. The van der Waals surface area contributed by atoms with Crippen LogP contribution in [0.4, 0.5) is 4.79 Å². The molecule has 0 bridgehead atoms. The predicted molar refractivity (Wildman–Crippen MR) is 77.4 cm³/mol. The van der Waals surface area contributed by atoms with Gasteiger partial charge in [0.15, 0.2) is 0 Å². The lowest BCUT2D eigenvalue weighted by Gasteiger charge is -2.18. The largest absolute Gasteiger partial charge is 0.382 e. The molecule has 0 heterocycles.